The van der Waals surface area contributed by atoms with Crippen LogP contribution >= 0.6 is 0 Å². The van der Waals surface area contributed by atoms with Crippen molar-refractivity contribution in [2.45, 2.75) is 77.7 Å². The van der Waals surface area contributed by atoms with E-state index in [-0.39, 0.29) is 23.9 Å². The van der Waals surface area contributed by atoms with Crippen molar-refractivity contribution >= 4 is 29.1 Å². The van der Waals surface area contributed by atoms with Gasteiger partial charge in [0.1, 0.15) is 17.6 Å². The molecule has 0 radical (unpaired) electrons. The number of anilines is 1. The van der Waals surface area contributed by atoms with Gasteiger partial charge >= 0.3 is 5.97 Å². The molecule has 3 rings (SSSR count). The van der Waals surface area contributed by atoms with E-state index in [1.54, 1.807) is 36.7 Å². The first kappa shape index (κ1) is 30.5. The predicted octanol–water partition coefficient (Wildman–Crippen LogP) is 4.75. The number of carboxylic acids is 1. The molecule has 9 nitrogen and oxygen atoms in total. The lowest BCUT2D eigenvalue weighted by molar-refractivity contribution is -0.139. The summed E-state index contributed by atoms with van der Waals surface area (Å²) >= 11 is 0. The van der Waals surface area contributed by atoms with Crippen LogP contribution in [0.1, 0.15) is 81.1 Å². The number of Topliss-reactive ketones (excluding diaryl/α,β-unsaturated/α-hetero) is 2. The molecule has 0 spiro atoms. The van der Waals surface area contributed by atoms with Crippen LogP contribution in [0.5, 0.6) is 0 Å². The predicted molar refractivity (Wildman–Crippen MR) is 154 cm³/mol. The van der Waals surface area contributed by atoms with Crippen molar-refractivity contribution in [3.05, 3.63) is 71.3 Å². The second-order valence-corrected chi connectivity index (χ2v) is 10.1. The highest BCUT2D eigenvalue weighted by molar-refractivity contribution is 6.04. The van der Waals surface area contributed by atoms with Gasteiger partial charge in [-0.05, 0) is 55.5 Å². The van der Waals surface area contributed by atoms with Crippen molar-refractivity contribution in [2.24, 2.45) is 0 Å². The topological polar surface area (TPSA) is 129 Å². The van der Waals surface area contributed by atoms with E-state index in [1.165, 1.54) is 0 Å². The molecule has 40 heavy (non-hydrogen) atoms. The van der Waals surface area contributed by atoms with Gasteiger partial charge in [0.15, 0.2) is 0 Å². The molecule has 1 atom stereocenters. The first-order valence-corrected chi connectivity index (χ1v) is 14.1. The quantitative estimate of drug-likeness (QED) is 0.244. The lowest BCUT2D eigenvalue weighted by Crippen LogP contribution is -2.43. The van der Waals surface area contributed by atoms with Gasteiger partial charge < -0.3 is 20.6 Å². The van der Waals surface area contributed by atoms with Crippen molar-refractivity contribution in [1.29, 1.82) is 0 Å². The molecule has 1 aromatic heterocycles. The summed E-state index contributed by atoms with van der Waals surface area (Å²) in [6, 6.07) is 9.57. The number of allylic oxidation sites excluding steroid dienone is 2. The minimum Gasteiger partial charge on any atom is -0.480 e. The fraction of sp³-hybridized carbons (Fsp3) is 0.452. The van der Waals surface area contributed by atoms with Crippen molar-refractivity contribution < 1.29 is 24.3 Å². The van der Waals surface area contributed by atoms with E-state index in [9.17, 15) is 24.3 Å². The summed E-state index contributed by atoms with van der Waals surface area (Å²) in [6.45, 7) is 5.08. The highest BCUT2D eigenvalue weighted by Crippen LogP contribution is 2.30. The molecule has 0 unspecified atom stereocenters. The van der Waals surface area contributed by atoms with Crippen LogP contribution in [0.25, 0.3) is 0 Å². The number of aliphatic carboxylic acids is 1. The monoisotopic (exact) mass is 548 g/mol. The Hall–Kier alpha value is -4.01. The molecule has 3 N–H and O–H groups in total. The number of rotatable bonds is 18. The van der Waals surface area contributed by atoms with E-state index in [0.717, 1.165) is 36.2 Å². The Kier molecular flexibility index (Phi) is 11.9. The van der Waals surface area contributed by atoms with Crippen LogP contribution < -0.4 is 10.6 Å². The van der Waals surface area contributed by atoms with Crippen LogP contribution in [-0.2, 0) is 20.8 Å². The molecule has 0 fully saturated rings. The summed E-state index contributed by atoms with van der Waals surface area (Å²) in [6.07, 6.45) is 8.47. The second-order valence-electron chi connectivity index (χ2n) is 10.1. The van der Waals surface area contributed by atoms with Gasteiger partial charge in [-0.15, -0.1) is 0 Å². The number of ketones is 2. The summed E-state index contributed by atoms with van der Waals surface area (Å²) in [5.41, 5.74) is 3.86. The van der Waals surface area contributed by atoms with Gasteiger partial charge in [-0.3, -0.25) is 19.4 Å². The molecule has 1 aliphatic rings. The normalized spacial score (nSPS) is 13.2. The molecule has 0 saturated heterocycles. The smallest absolute Gasteiger partial charge is 0.326 e. The highest BCUT2D eigenvalue weighted by Gasteiger charge is 2.28. The van der Waals surface area contributed by atoms with Gasteiger partial charge in [0.25, 0.3) is 5.91 Å². The molecule has 2 aromatic rings. The van der Waals surface area contributed by atoms with Crippen LogP contribution in [0.4, 0.5) is 5.69 Å². The Labute approximate surface area is 236 Å². The van der Waals surface area contributed by atoms with E-state index in [4.69, 9.17) is 0 Å². The molecule has 0 aliphatic heterocycles. The fourth-order valence-electron chi connectivity index (χ4n) is 4.63. The van der Waals surface area contributed by atoms with E-state index in [0.29, 0.717) is 56.4 Å². The average molecular weight is 549 g/mol. The number of amides is 1. The number of carbonyl (C=O) groups is 4. The minimum atomic E-state index is -0.952. The molecular formula is C31H40N4O5. The number of carboxylic acid groups (broad SMARTS) is 1. The van der Waals surface area contributed by atoms with Gasteiger partial charge in [0.2, 0.25) is 0 Å². The summed E-state index contributed by atoms with van der Waals surface area (Å²) in [7, 11) is 0. The second kappa shape index (κ2) is 15.5. The van der Waals surface area contributed by atoms with Crippen LogP contribution in [0.3, 0.4) is 0 Å². The third kappa shape index (κ3) is 9.32. The average Bonchev–Trinajstić information content (AvgIpc) is 2.94. The molecular weight excluding hydrogens is 508 g/mol. The Bertz CT molecular complexity index is 1190. The molecule has 1 aromatic carbocycles. The van der Waals surface area contributed by atoms with Gasteiger partial charge in [0.05, 0.1) is 0 Å². The standard InChI is InChI=1S/C31H40N4O5/c1-3-6-26(37)16-20-35(19-5-7-25(36)4-2)29-13-12-27(29)34-28(31(39)40)21-22-8-10-24(11-9-22)33-30(38)23-14-17-32-18-15-23/h8-11,14-15,17-18,28,34H,3-7,12-13,16,19-21H2,1-2H3,(H,33,38)(H,39,40)/t28-/m0/s1. The van der Waals surface area contributed by atoms with E-state index >= 15 is 0 Å². The Balaban J connectivity index is 1.64. The van der Waals surface area contributed by atoms with Crippen LogP contribution in [0.15, 0.2) is 60.2 Å². The van der Waals surface area contributed by atoms with Gasteiger partial charge in [-0.25, -0.2) is 4.79 Å². The van der Waals surface area contributed by atoms with Crippen molar-refractivity contribution in [3.8, 4) is 0 Å². The Morgan fingerprint density at radius 2 is 1.65 bits per heavy atom. The van der Waals surface area contributed by atoms with Gasteiger partial charge in [-0.2, -0.15) is 0 Å². The zero-order valence-corrected chi connectivity index (χ0v) is 23.4. The number of nitrogens with zero attached hydrogens (tertiary/aromatic N) is 2. The minimum absolute atomic E-state index is 0.218. The van der Waals surface area contributed by atoms with Gasteiger partial charge in [-0.1, -0.05) is 26.0 Å². The summed E-state index contributed by atoms with van der Waals surface area (Å²) in [4.78, 5) is 54.6. The van der Waals surface area contributed by atoms with Gasteiger partial charge in [0, 0.05) is 80.2 Å². The number of carbonyl (C=O) groups excluding carboxylic acids is 3. The Morgan fingerprint density at radius 3 is 2.25 bits per heavy atom. The van der Waals surface area contributed by atoms with E-state index in [1.807, 2.05) is 26.0 Å². The number of nitrogens with one attached hydrogen (secondary N) is 2. The number of benzene rings is 1. The molecule has 1 amide bonds. The van der Waals surface area contributed by atoms with Crippen molar-refractivity contribution in [2.75, 3.05) is 18.4 Å². The zero-order valence-electron chi connectivity index (χ0n) is 23.4. The molecule has 0 saturated carbocycles. The van der Waals surface area contributed by atoms with E-state index < -0.39 is 12.0 Å². The zero-order chi connectivity index (χ0) is 28.9. The summed E-state index contributed by atoms with van der Waals surface area (Å²) in [5.74, 6) is -0.760. The third-order valence-electron chi connectivity index (χ3n) is 7.05. The van der Waals surface area contributed by atoms with Crippen molar-refractivity contribution in [3.63, 3.8) is 0 Å². The Morgan fingerprint density at radius 1 is 0.925 bits per heavy atom. The largest absolute Gasteiger partial charge is 0.480 e. The molecule has 9 heteroatoms. The first-order valence-electron chi connectivity index (χ1n) is 14.1. The third-order valence-corrected chi connectivity index (χ3v) is 7.05. The summed E-state index contributed by atoms with van der Waals surface area (Å²) < 4.78 is 0. The number of aromatic nitrogens is 1. The SMILES string of the molecule is CCCC(=O)CCN(CCCC(=O)CC)C1=C(N[C@@H](Cc2ccc(NC(=O)c3ccncc3)cc2)C(=O)O)CC1. The fourth-order valence-corrected chi connectivity index (χ4v) is 4.63. The molecule has 0 bridgehead atoms. The maximum absolute atomic E-state index is 12.4. The van der Waals surface area contributed by atoms with Crippen molar-refractivity contribution in [1.82, 2.24) is 15.2 Å². The number of hydrogen-bond acceptors (Lipinski definition) is 7. The highest BCUT2D eigenvalue weighted by atomic mass is 16.4. The van der Waals surface area contributed by atoms with Crippen LogP contribution in [0.2, 0.25) is 0 Å². The van der Waals surface area contributed by atoms with E-state index in [2.05, 4.69) is 20.5 Å². The lowest BCUT2D eigenvalue weighted by Gasteiger charge is -2.37. The number of pyridine rings is 1. The number of hydrogen-bond donors (Lipinski definition) is 3. The summed E-state index contributed by atoms with van der Waals surface area (Å²) in [5, 5.41) is 16.0. The molecule has 1 heterocycles. The lowest BCUT2D eigenvalue weighted by atomic mass is 9.96. The van der Waals surface area contributed by atoms with Crippen LogP contribution in [-0.4, -0.2) is 57.6 Å². The first-order chi connectivity index (χ1) is 19.3. The molecule has 1 aliphatic carbocycles. The maximum Gasteiger partial charge on any atom is 0.326 e. The maximum atomic E-state index is 12.4. The molecule has 214 valence electrons. The van der Waals surface area contributed by atoms with Crippen LogP contribution in [0, 0.1) is 0 Å².